The molecule has 3 fully saturated rings. The van der Waals surface area contributed by atoms with Crippen LogP contribution in [0.5, 0.6) is 0 Å². The molecule has 2 aliphatic carbocycles. The van der Waals surface area contributed by atoms with Gasteiger partial charge in [0.25, 0.3) is 5.12 Å². The second-order valence-corrected chi connectivity index (χ2v) is 8.32. The summed E-state index contributed by atoms with van der Waals surface area (Å²) in [6, 6.07) is -0.329. The Labute approximate surface area is 124 Å². The molecule has 1 saturated heterocycles. The van der Waals surface area contributed by atoms with Crippen molar-refractivity contribution in [2.24, 2.45) is 5.92 Å². The van der Waals surface area contributed by atoms with Gasteiger partial charge in [-0.3, -0.25) is 9.59 Å². The van der Waals surface area contributed by atoms with Crippen LogP contribution in [0.15, 0.2) is 12.7 Å². The Hall–Kier alpha value is -1.21. The Kier molecular flexibility index (Phi) is 3.44. The largest absolute Gasteiger partial charge is 0.341 e. The molecule has 0 aromatic heterocycles. The van der Waals surface area contributed by atoms with E-state index in [9.17, 15) is 18.0 Å². The van der Waals surface area contributed by atoms with Crippen LogP contribution in [-0.4, -0.2) is 42.8 Å². The van der Waals surface area contributed by atoms with Gasteiger partial charge >= 0.3 is 0 Å². The second kappa shape index (κ2) is 4.91. The lowest BCUT2D eigenvalue weighted by atomic mass is 10.1. The van der Waals surface area contributed by atoms with Crippen molar-refractivity contribution in [3.8, 4) is 0 Å². The van der Waals surface area contributed by atoms with Gasteiger partial charge in [0.05, 0.1) is 11.3 Å². The maximum atomic E-state index is 12.5. The van der Waals surface area contributed by atoms with Crippen molar-refractivity contribution < 1.29 is 18.0 Å². The lowest BCUT2D eigenvalue weighted by molar-refractivity contribution is -0.127. The summed E-state index contributed by atoms with van der Waals surface area (Å²) >= 11 is 0. The summed E-state index contributed by atoms with van der Waals surface area (Å²) in [5.41, 5.74) is -1.27. The molecular formula is C14H20N2O4S. The van der Waals surface area contributed by atoms with Crippen LogP contribution in [0.25, 0.3) is 0 Å². The molecule has 3 atom stereocenters. The molecule has 21 heavy (non-hydrogen) atoms. The van der Waals surface area contributed by atoms with Gasteiger partial charge in [-0.05, 0) is 38.6 Å². The van der Waals surface area contributed by atoms with Crippen LogP contribution in [0.1, 0.15) is 32.1 Å². The zero-order valence-corrected chi connectivity index (χ0v) is 12.6. The third kappa shape index (κ3) is 2.42. The third-order valence-corrected chi connectivity index (χ3v) is 6.84. The normalized spacial score (nSPS) is 35.2. The van der Waals surface area contributed by atoms with Crippen LogP contribution in [-0.2, 0) is 19.4 Å². The molecule has 1 heterocycles. The number of carbonyl (C=O) groups excluding carboxylic acids is 2. The van der Waals surface area contributed by atoms with E-state index < -0.39 is 25.7 Å². The smallest absolute Gasteiger partial charge is 0.272 e. The molecule has 0 bridgehead atoms. The zero-order chi connectivity index (χ0) is 15.3. The van der Waals surface area contributed by atoms with Crippen molar-refractivity contribution in [1.82, 2.24) is 10.6 Å². The van der Waals surface area contributed by atoms with E-state index in [2.05, 4.69) is 17.2 Å². The highest BCUT2D eigenvalue weighted by molar-refractivity contribution is 8.07. The SMILES string of the molecule is C=C[C@@H]1C[C@]1(NC(=O)[C@@H]1CCCN1)C(=O)S(=O)(=O)C1CC1. The highest BCUT2D eigenvalue weighted by atomic mass is 32.2. The van der Waals surface area contributed by atoms with Crippen LogP contribution in [0.3, 0.4) is 0 Å². The molecule has 0 unspecified atom stereocenters. The van der Waals surface area contributed by atoms with Gasteiger partial charge in [-0.15, -0.1) is 6.58 Å². The van der Waals surface area contributed by atoms with Crippen LogP contribution in [0, 0.1) is 5.92 Å². The molecule has 0 spiro atoms. The van der Waals surface area contributed by atoms with E-state index in [-0.39, 0.29) is 17.9 Å². The highest BCUT2D eigenvalue weighted by Gasteiger charge is 2.65. The van der Waals surface area contributed by atoms with Gasteiger partial charge in [-0.2, -0.15) is 0 Å². The van der Waals surface area contributed by atoms with Gasteiger partial charge in [0.2, 0.25) is 15.7 Å². The average molecular weight is 312 g/mol. The second-order valence-electron chi connectivity index (χ2n) is 6.19. The molecule has 116 valence electrons. The van der Waals surface area contributed by atoms with E-state index in [0.717, 1.165) is 13.0 Å². The Morgan fingerprint density at radius 2 is 2.00 bits per heavy atom. The number of amides is 1. The summed E-state index contributed by atoms with van der Waals surface area (Å²) in [4.78, 5) is 24.7. The number of nitrogens with one attached hydrogen (secondary N) is 2. The fourth-order valence-electron chi connectivity index (χ4n) is 3.00. The van der Waals surface area contributed by atoms with E-state index in [4.69, 9.17) is 0 Å². The molecule has 0 aromatic carbocycles. The molecule has 2 N–H and O–H groups in total. The first-order chi connectivity index (χ1) is 9.91. The van der Waals surface area contributed by atoms with Crippen LogP contribution < -0.4 is 10.6 Å². The first-order valence-electron chi connectivity index (χ1n) is 7.38. The van der Waals surface area contributed by atoms with Crippen molar-refractivity contribution in [2.45, 2.75) is 48.9 Å². The van der Waals surface area contributed by atoms with E-state index >= 15 is 0 Å². The first-order valence-corrected chi connectivity index (χ1v) is 8.93. The molecule has 1 amide bonds. The summed E-state index contributed by atoms with van der Waals surface area (Å²) < 4.78 is 24.4. The fourth-order valence-corrected chi connectivity index (χ4v) is 4.85. The van der Waals surface area contributed by atoms with Crippen molar-refractivity contribution >= 4 is 20.9 Å². The molecule has 3 aliphatic rings. The standard InChI is InChI=1S/C14H20N2O4S/c1-2-9-8-14(9,13(18)21(19,20)10-5-6-10)16-12(17)11-4-3-7-15-11/h2,9-11,15H,1,3-8H2,(H,16,17)/t9-,11+,14-/m1/s1. The van der Waals surface area contributed by atoms with Crippen molar-refractivity contribution in [3.05, 3.63) is 12.7 Å². The monoisotopic (exact) mass is 312 g/mol. The molecular weight excluding hydrogens is 292 g/mol. The van der Waals surface area contributed by atoms with E-state index in [1.165, 1.54) is 0 Å². The van der Waals surface area contributed by atoms with Crippen molar-refractivity contribution in [3.63, 3.8) is 0 Å². The van der Waals surface area contributed by atoms with Gasteiger partial charge in [-0.1, -0.05) is 6.08 Å². The number of rotatable bonds is 5. The number of hydrogen-bond acceptors (Lipinski definition) is 5. The lowest BCUT2D eigenvalue weighted by Gasteiger charge is -2.20. The van der Waals surface area contributed by atoms with Crippen LogP contribution in [0.2, 0.25) is 0 Å². The topological polar surface area (TPSA) is 92.3 Å². The molecule has 6 nitrogen and oxygen atoms in total. The van der Waals surface area contributed by atoms with Gasteiger partial charge in [0, 0.05) is 5.92 Å². The predicted molar refractivity (Wildman–Crippen MR) is 77.2 cm³/mol. The maximum absolute atomic E-state index is 12.5. The van der Waals surface area contributed by atoms with E-state index in [1.807, 2.05) is 0 Å². The minimum atomic E-state index is -3.79. The summed E-state index contributed by atoms with van der Waals surface area (Å²) in [6.07, 6.45) is 4.60. The summed E-state index contributed by atoms with van der Waals surface area (Å²) in [5.74, 6) is -0.569. The minimum Gasteiger partial charge on any atom is -0.341 e. The zero-order valence-electron chi connectivity index (χ0n) is 11.8. The predicted octanol–water partition coefficient (Wildman–Crippen LogP) is -0.0969. The highest BCUT2D eigenvalue weighted by Crippen LogP contribution is 2.48. The Bertz CT molecular complexity index is 590. The van der Waals surface area contributed by atoms with Gasteiger partial charge < -0.3 is 10.6 Å². The van der Waals surface area contributed by atoms with Gasteiger partial charge in [-0.25, -0.2) is 8.42 Å². The fraction of sp³-hybridized carbons (Fsp3) is 0.714. The molecule has 2 saturated carbocycles. The number of hydrogen-bond donors (Lipinski definition) is 2. The molecule has 7 heteroatoms. The number of carbonyl (C=O) groups is 2. The van der Waals surface area contributed by atoms with Crippen molar-refractivity contribution in [2.75, 3.05) is 6.54 Å². The Morgan fingerprint density at radius 1 is 1.29 bits per heavy atom. The first kappa shape index (κ1) is 14.7. The lowest BCUT2D eigenvalue weighted by Crippen LogP contribution is -2.53. The number of sulfone groups is 1. The Morgan fingerprint density at radius 3 is 2.48 bits per heavy atom. The van der Waals surface area contributed by atoms with Crippen LogP contribution >= 0.6 is 0 Å². The van der Waals surface area contributed by atoms with Crippen LogP contribution in [0.4, 0.5) is 0 Å². The summed E-state index contributed by atoms with van der Waals surface area (Å²) in [5, 5.41) is 4.38. The molecule has 0 radical (unpaired) electrons. The minimum absolute atomic E-state index is 0.281. The van der Waals surface area contributed by atoms with E-state index in [0.29, 0.717) is 25.7 Å². The van der Waals surface area contributed by atoms with Gasteiger partial charge in [0.1, 0.15) is 5.54 Å². The Balaban J connectivity index is 1.78. The quantitative estimate of drug-likeness (QED) is 0.692. The molecule has 0 aromatic rings. The third-order valence-electron chi connectivity index (χ3n) is 4.61. The van der Waals surface area contributed by atoms with E-state index in [1.54, 1.807) is 6.08 Å². The molecule has 3 rings (SSSR count). The molecule has 1 aliphatic heterocycles. The summed E-state index contributed by atoms with van der Waals surface area (Å²) in [7, 11) is -3.79. The van der Waals surface area contributed by atoms with Crippen molar-refractivity contribution in [1.29, 1.82) is 0 Å². The average Bonchev–Trinajstić information content (AvgIpc) is 3.36. The summed E-state index contributed by atoms with van der Waals surface area (Å²) in [6.45, 7) is 4.40. The van der Waals surface area contributed by atoms with Gasteiger partial charge in [0.15, 0.2) is 0 Å². The maximum Gasteiger partial charge on any atom is 0.272 e.